The first-order chi connectivity index (χ1) is 12.8. The molecule has 27 heavy (non-hydrogen) atoms. The molecule has 0 aliphatic carbocycles. The Hall–Kier alpha value is -2.29. The van der Waals surface area contributed by atoms with E-state index in [2.05, 4.69) is 57.6 Å². The van der Waals surface area contributed by atoms with Crippen LogP contribution in [0.25, 0.3) is 0 Å². The number of alkyl halides is 3. The van der Waals surface area contributed by atoms with Gasteiger partial charge in [0.15, 0.2) is 11.7 Å². The minimum atomic E-state index is -4.41. The maximum absolute atomic E-state index is 12.6. The summed E-state index contributed by atoms with van der Waals surface area (Å²) in [5, 5.41) is 7.55. The largest absolute Gasteiger partial charge is 0.434 e. The van der Waals surface area contributed by atoms with Crippen LogP contribution in [-0.4, -0.2) is 37.6 Å². The Balaban J connectivity index is 1.82. The molecule has 1 heterocycles. The van der Waals surface area contributed by atoms with Gasteiger partial charge in [0.1, 0.15) is 5.01 Å². The van der Waals surface area contributed by atoms with E-state index >= 15 is 0 Å². The van der Waals surface area contributed by atoms with Crippen molar-refractivity contribution in [1.82, 2.24) is 15.6 Å². The second-order valence-electron chi connectivity index (χ2n) is 5.90. The molecule has 0 radical (unpaired) electrons. The summed E-state index contributed by atoms with van der Waals surface area (Å²) in [7, 11) is 1.62. The van der Waals surface area contributed by atoms with Gasteiger partial charge in [0.2, 0.25) is 0 Å². The Labute approximate surface area is 161 Å². The Morgan fingerprint density at radius 2 is 2.07 bits per heavy atom. The number of nitrogens with zero attached hydrogens (tertiary/aromatic N) is 3. The van der Waals surface area contributed by atoms with Gasteiger partial charge < -0.3 is 15.5 Å². The molecule has 0 unspecified atom stereocenters. The number of hydrogen-bond donors (Lipinski definition) is 2. The minimum Gasteiger partial charge on any atom is -0.370 e. The summed E-state index contributed by atoms with van der Waals surface area (Å²) in [5.41, 5.74) is 1.51. The highest BCUT2D eigenvalue weighted by Crippen LogP contribution is 2.29. The summed E-state index contributed by atoms with van der Waals surface area (Å²) < 4.78 is 37.8. The van der Waals surface area contributed by atoms with E-state index in [0.29, 0.717) is 17.5 Å². The standard InChI is InChI=1S/C18H24F3N5S/c1-4-26(14-7-5-6-13(2)10-14)9-8-23-17(22-3)24-11-16-25-15(12-27-16)18(19,20)21/h5-7,10,12H,4,8-9,11H2,1-3H3,(H2,22,23,24). The van der Waals surface area contributed by atoms with Crippen molar-refractivity contribution in [3.63, 3.8) is 0 Å². The van der Waals surface area contributed by atoms with Crippen LogP contribution in [0.15, 0.2) is 34.6 Å². The zero-order valence-electron chi connectivity index (χ0n) is 15.6. The van der Waals surface area contributed by atoms with E-state index in [1.54, 1.807) is 7.05 Å². The Bertz CT molecular complexity index is 757. The molecule has 0 aliphatic rings. The zero-order valence-corrected chi connectivity index (χ0v) is 16.4. The molecule has 0 saturated carbocycles. The lowest BCUT2D eigenvalue weighted by molar-refractivity contribution is -0.140. The second kappa shape index (κ2) is 9.59. The molecule has 0 bridgehead atoms. The van der Waals surface area contributed by atoms with E-state index < -0.39 is 11.9 Å². The predicted octanol–water partition coefficient (Wildman–Crippen LogP) is 3.66. The molecule has 0 aliphatic heterocycles. The van der Waals surface area contributed by atoms with Crippen molar-refractivity contribution in [2.45, 2.75) is 26.6 Å². The van der Waals surface area contributed by atoms with E-state index in [1.807, 2.05) is 6.07 Å². The molecule has 0 atom stereocenters. The average Bonchev–Trinajstić information content (AvgIpc) is 3.10. The van der Waals surface area contributed by atoms with Gasteiger partial charge in [-0.1, -0.05) is 12.1 Å². The van der Waals surface area contributed by atoms with Crippen LogP contribution in [0, 0.1) is 6.92 Å². The smallest absolute Gasteiger partial charge is 0.370 e. The van der Waals surface area contributed by atoms with Crippen molar-refractivity contribution < 1.29 is 13.2 Å². The van der Waals surface area contributed by atoms with Crippen molar-refractivity contribution in [3.05, 3.63) is 45.9 Å². The van der Waals surface area contributed by atoms with E-state index in [1.165, 1.54) is 5.56 Å². The number of anilines is 1. The van der Waals surface area contributed by atoms with Crippen LogP contribution in [0.4, 0.5) is 18.9 Å². The minimum absolute atomic E-state index is 0.190. The fourth-order valence-corrected chi connectivity index (χ4v) is 3.25. The van der Waals surface area contributed by atoms with Crippen LogP contribution in [-0.2, 0) is 12.7 Å². The number of thiazole rings is 1. The van der Waals surface area contributed by atoms with Gasteiger partial charge in [0, 0.05) is 37.7 Å². The summed E-state index contributed by atoms with van der Waals surface area (Å²) in [4.78, 5) is 9.94. The first kappa shape index (κ1) is 21.0. The van der Waals surface area contributed by atoms with Gasteiger partial charge in [0.25, 0.3) is 0 Å². The van der Waals surface area contributed by atoms with Gasteiger partial charge >= 0.3 is 6.18 Å². The van der Waals surface area contributed by atoms with Crippen molar-refractivity contribution in [2.24, 2.45) is 4.99 Å². The molecule has 2 rings (SSSR count). The Morgan fingerprint density at radius 3 is 2.67 bits per heavy atom. The molecule has 0 saturated heterocycles. The zero-order chi connectivity index (χ0) is 19.9. The van der Waals surface area contributed by atoms with Crippen LogP contribution >= 0.6 is 11.3 Å². The molecule has 0 spiro atoms. The maximum atomic E-state index is 12.6. The number of aliphatic imine (C=N–C) groups is 1. The number of benzene rings is 1. The molecule has 2 N–H and O–H groups in total. The van der Waals surface area contributed by atoms with Crippen molar-refractivity contribution in [3.8, 4) is 0 Å². The van der Waals surface area contributed by atoms with Crippen LogP contribution in [0.3, 0.4) is 0 Å². The van der Waals surface area contributed by atoms with Gasteiger partial charge in [0.05, 0.1) is 6.54 Å². The maximum Gasteiger partial charge on any atom is 0.434 e. The molecule has 1 aromatic carbocycles. The highest BCUT2D eigenvalue weighted by molar-refractivity contribution is 7.09. The summed E-state index contributed by atoms with van der Waals surface area (Å²) in [6.07, 6.45) is -4.41. The summed E-state index contributed by atoms with van der Waals surface area (Å²) in [5.74, 6) is 0.527. The number of halogens is 3. The van der Waals surface area contributed by atoms with Crippen molar-refractivity contribution >= 4 is 23.0 Å². The van der Waals surface area contributed by atoms with Crippen LogP contribution in [0.5, 0.6) is 0 Å². The van der Waals surface area contributed by atoms with Crippen molar-refractivity contribution in [1.29, 1.82) is 0 Å². The topological polar surface area (TPSA) is 52.5 Å². The first-order valence-electron chi connectivity index (χ1n) is 8.61. The van der Waals surface area contributed by atoms with E-state index in [-0.39, 0.29) is 6.54 Å². The van der Waals surface area contributed by atoms with E-state index in [4.69, 9.17) is 0 Å². The number of hydrogen-bond acceptors (Lipinski definition) is 4. The molecule has 148 valence electrons. The van der Waals surface area contributed by atoms with Crippen molar-refractivity contribution in [2.75, 3.05) is 31.6 Å². The normalized spacial score (nSPS) is 12.1. The first-order valence-corrected chi connectivity index (χ1v) is 9.49. The monoisotopic (exact) mass is 399 g/mol. The highest BCUT2D eigenvalue weighted by Gasteiger charge is 2.33. The molecule has 0 amide bonds. The molecule has 2 aromatic rings. The lowest BCUT2D eigenvalue weighted by Crippen LogP contribution is -2.41. The second-order valence-corrected chi connectivity index (χ2v) is 6.84. The molecule has 1 aromatic heterocycles. The third-order valence-corrected chi connectivity index (χ3v) is 4.74. The van der Waals surface area contributed by atoms with Gasteiger partial charge in [-0.25, -0.2) is 4.98 Å². The fraction of sp³-hybridized carbons (Fsp3) is 0.444. The summed E-state index contributed by atoms with van der Waals surface area (Å²) in [6, 6.07) is 8.30. The average molecular weight is 399 g/mol. The van der Waals surface area contributed by atoms with Gasteiger partial charge in [-0.2, -0.15) is 13.2 Å². The number of likely N-dealkylation sites (N-methyl/N-ethyl adjacent to an activating group) is 1. The van der Waals surface area contributed by atoms with E-state index in [9.17, 15) is 13.2 Å². The van der Waals surface area contributed by atoms with Gasteiger partial charge in [-0.3, -0.25) is 4.99 Å². The number of rotatable bonds is 7. The Kier molecular flexibility index (Phi) is 7.46. The molecular weight excluding hydrogens is 375 g/mol. The number of nitrogens with one attached hydrogen (secondary N) is 2. The van der Waals surface area contributed by atoms with E-state index in [0.717, 1.165) is 35.5 Å². The number of aromatic nitrogens is 1. The SMILES string of the molecule is CCN(CCNC(=NC)NCc1nc(C(F)(F)F)cs1)c1cccc(C)c1. The lowest BCUT2D eigenvalue weighted by Gasteiger charge is -2.24. The Morgan fingerprint density at radius 1 is 1.30 bits per heavy atom. The molecule has 5 nitrogen and oxygen atoms in total. The predicted molar refractivity (Wildman–Crippen MR) is 104 cm³/mol. The number of guanidine groups is 1. The molecular formula is C18H24F3N5S. The quantitative estimate of drug-likeness (QED) is 0.551. The fourth-order valence-electron chi connectivity index (χ4n) is 2.51. The van der Waals surface area contributed by atoms with Gasteiger partial charge in [-0.05, 0) is 31.5 Å². The number of aryl methyl sites for hydroxylation is 1. The lowest BCUT2D eigenvalue weighted by atomic mass is 10.2. The summed E-state index contributed by atoms with van der Waals surface area (Å²) in [6.45, 7) is 6.63. The molecule has 0 fully saturated rings. The highest BCUT2D eigenvalue weighted by atomic mass is 32.1. The summed E-state index contributed by atoms with van der Waals surface area (Å²) >= 11 is 0.975. The van der Waals surface area contributed by atoms with Crippen LogP contribution < -0.4 is 15.5 Å². The third kappa shape index (κ3) is 6.42. The van der Waals surface area contributed by atoms with Gasteiger partial charge in [-0.15, -0.1) is 11.3 Å². The third-order valence-electron chi connectivity index (χ3n) is 3.90. The molecule has 9 heteroatoms. The van der Waals surface area contributed by atoms with Crippen LogP contribution in [0.2, 0.25) is 0 Å². The van der Waals surface area contributed by atoms with Crippen LogP contribution in [0.1, 0.15) is 23.2 Å².